The molecule has 6 heteroatoms. The number of carbonyl (C=O) groups is 3. The molecule has 0 aliphatic carbocycles. The Morgan fingerprint density at radius 1 is 1.16 bits per heavy atom. The summed E-state index contributed by atoms with van der Waals surface area (Å²) in [6.07, 6.45) is 1.54. The van der Waals surface area contributed by atoms with E-state index in [1.165, 1.54) is 0 Å². The fraction of sp³-hybridized carbons (Fsp3) is 0.526. The van der Waals surface area contributed by atoms with Crippen molar-refractivity contribution >= 4 is 23.4 Å². The van der Waals surface area contributed by atoms with Crippen molar-refractivity contribution in [2.24, 2.45) is 11.3 Å². The Morgan fingerprint density at radius 3 is 2.48 bits per heavy atom. The zero-order valence-corrected chi connectivity index (χ0v) is 15.2. The maximum atomic E-state index is 12.4. The lowest BCUT2D eigenvalue weighted by Gasteiger charge is -2.32. The van der Waals surface area contributed by atoms with Crippen molar-refractivity contribution in [2.75, 3.05) is 25.0 Å². The first-order chi connectivity index (χ1) is 11.8. The minimum atomic E-state index is -0.527. The van der Waals surface area contributed by atoms with Gasteiger partial charge in [-0.15, -0.1) is 0 Å². The van der Waals surface area contributed by atoms with Crippen molar-refractivity contribution < 1.29 is 14.4 Å². The van der Waals surface area contributed by atoms with Crippen molar-refractivity contribution in [3.05, 3.63) is 30.3 Å². The predicted molar refractivity (Wildman–Crippen MR) is 96.8 cm³/mol. The monoisotopic (exact) mass is 345 g/mol. The number of nitrogens with one attached hydrogen (secondary N) is 2. The van der Waals surface area contributed by atoms with Gasteiger partial charge in [0.2, 0.25) is 17.7 Å². The maximum absolute atomic E-state index is 12.4. The normalized spacial score (nSPS) is 17.7. The first-order valence-electron chi connectivity index (χ1n) is 8.69. The van der Waals surface area contributed by atoms with Gasteiger partial charge >= 0.3 is 0 Å². The number of nitrogens with zero attached hydrogens (tertiary/aromatic N) is 1. The van der Waals surface area contributed by atoms with Gasteiger partial charge in [-0.05, 0) is 25.0 Å². The van der Waals surface area contributed by atoms with Crippen LogP contribution in [0.25, 0.3) is 0 Å². The van der Waals surface area contributed by atoms with Crippen molar-refractivity contribution in [3.63, 3.8) is 0 Å². The number of anilines is 1. The topological polar surface area (TPSA) is 78.5 Å². The molecule has 0 saturated carbocycles. The van der Waals surface area contributed by atoms with Crippen LogP contribution in [0.1, 0.15) is 33.6 Å². The summed E-state index contributed by atoms with van der Waals surface area (Å²) in [5.74, 6) is -0.593. The number of amides is 3. The van der Waals surface area contributed by atoms with E-state index < -0.39 is 5.41 Å². The molecule has 136 valence electrons. The van der Waals surface area contributed by atoms with Gasteiger partial charge in [0.25, 0.3) is 0 Å². The number of rotatable bonds is 4. The number of likely N-dealkylation sites (tertiary alicyclic amines) is 1. The summed E-state index contributed by atoms with van der Waals surface area (Å²) in [5.41, 5.74) is 0.230. The Morgan fingerprint density at radius 2 is 1.84 bits per heavy atom. The van der Waals surface area contributed by atoms with Crippen LogP contribution >= 0.6 is 0 Å². The molecule has 1 fully saturated rings. The van der Waals surface area contributed by atoms with E-state index in [-0.39, 0.29) is 30.2 Å². The molecule has 0 bridgehead atoms. The molecule has 0 spiro atoms. The quantitative estimate of drug-likeness (QED) is 0.876. The number of benzene rings is 1. The van der Waals surface area contributed by atoms with Gasteiger partial charge in [0, 0.05) is 24.2 Å². The van der Waals surface area contributed by atoms with Crippen molar-refractivity contribution in [3.8, 4) is 0 Å². The molecular formula is C19H27N3O3. The molecular weight excluding hydrogens is 318 g/mol. The van der Waals surface area contributed by atoms with Crippen LogP contribution in [-0.4, -0.2) is 42.3 Å². The van der Waals surface area contributed by atoms with Crippen LogP contribution in [0.15, 0.2) is 30.3 Å². The second kappa shape index (κ2) is 8.14. The lowest BCUT2D eigenvalue weighted by Crippen LogP contribution is -2.48. The SMILES string of the molecule is CC(C)(C)C(=O)NCC(=O)N1CCCC(C(=O)Nc2ccccc2)C1. The van der Waals surface area contributed by atoms with E-state index in [9.17, 15) is 14.4 Å². The Hall–Kier alpha value is -2.37. The van der Waals surface area contributed by atoms with Crippen LogP contribution < -0.4 is 10.6 Å². The summed E-state index contributed by atoms with van der Waals surface area (Å²) < 4.78 is 0. The number of piperidine rings is 1. The number of para-hydroxylation sites is 1. The lowest BCUT2D eigenvalue weighted by atomic mass is 9.95. The number of hydrogen-bond acceptors (Lipinski definition) is 3. The molecule has 2 rings (SSSR count). The third-order valence-electron chi connectivity index (χ3n) is 4.27. The molecule has 0 aromatic heterocycles. The van der Waals surface area contributed by atoms with Crippen LogP contribution in [0.2, 0.25) is 0 Å². The molecule has 1 aromatic rings. The van der Waals surface area contributed by atoms with Crippen LogP contribution in [-0.2, 0) is 14.4 Å². The van der Waals surface area contributed by atoms with Crippen molar-refractivity contribution in [1.29, 1.82) is 0 Å². The molecule has 25 heavy (non-hydrogen) atoms. The first-order valence-corrected chi connectivity index (χ1v) is 8.69. The maximum Gasteiger partial charge on any atom is 0.241 e. The average molecular weight is 345 g/mol. The summed E-state index contributed by atoms with van der Waals surface area (Å²) in [4.78, 5) is 38.3. The van der Waals surface area contributed by atoms with E-state index in [1.54, 1.807) is 25.7 Å². The Balaban J connectivity index is 1.86. The molecule has 1 aliphatic rings. The standard InChI is InChI=1S/C19H27N3O3/c1-19(2,3)18(25)20-12-16(23)22-11-7-8-14(13-22)17(24)21-15-9-5-4-6-10-15/h4-6,9-10,14H,7-8,11-13H2,1-3H3,(H,20,25)(H,21,24). The number of carbonyl (C=O) groups excluding carboxylic acids is 3. The molecule has 6 nitrogen and oxygen atoms in total. The summed E-state index contributed by atoms with van der Waals surface area (Å²) in [6.45, 7) is 6.40. The smallest absolute Gasteiger partial charge is 0.241 e. The van der Waals surface area contributed by atoms with E-state index in [0.29, 0.717) is 13.1 Å². The van der Waals surface area contributed by atoms with Gasteiger partial charge in [0.05, 0.1) is 12.5 Å². The summed E-state index contributed by atoms with van der Waals surface area (Å²) in [5, 5.41) is 5.57. The minimum Gasteiger partial charge on any atom is -0.347 e. The van der Waals surface area contributed by atoms with Gasteiger partial charge in [0.1, 0.15) is 0 Å². The highest BCUT2D eigenvalue weighted by molar-refractivity contribution is 5.93. The van der Waals surface area contributed by atoms with Gasteiger partial charge in [-0.2, -0.15) is 0 Å². The zero-order valence-electron chi connectivity index (χ0n) is 15.2. The lowest BCUT2D eigenvalue weighted by molar-refractivity contribution is -0.137. The van der Waals surface area contributed by atoms with Gasteiger partial charge < -0.3 is 15.5 Å². The van der Waals surface area contributed by atoms with Gasteiger partial charge in [-0.25, -0.2) is 0 Å². The minimum absolute atomic E-state index is 0.0247. The predicted octanol–water partition coefficient (Wildman–Crippen LogP) is 2.03. The fourth-order valence-electron chi connectivity index (χ4n) is 2.72. The molecule has 0 radical (unpaired) electrons. The van der Waals surface area contributed by atoms with E-state index in [4.69, 9.17) is 0 Å². The van der Waals surface area contributed by atoms with E-state index in [1.807, 2.05) is 30.3 Å². The summed E-state index contributed by atoms with van der Waals surface area (Å²) in [7, 11) is 0. The summed E-state index contributed by atoms with van der Waals surface area (Å²) >= 11 is 0. The van der Waals surface area contributed by atoms with Crippen molar-refractivity contribution in [2.45, 2.75) is 33.6 Å². The highest BCUT2D eigenvalue weighted by Crippen LogP contribution is 2.19. The molecule has 3 amide bonds. The van der Waals surface area contributed by atoms with E-state index in [0.717, 1.165) is 18.5 Å². The average Bonchev–Trinajstić information content (AvgIpc) is 2.59. The Labute approximate surface area is 149 Å². The van der Waals surface area contributed by atoms with Crippen molar-refractivity contribution in [1.82, 2.24) is 10.2 Å². The van der Waals surface area contributed by atoms with Crippen LogP contribution in [0.5, 0.6) is 0 Å². The van der Waals surface area contributed by atoms with E-state index in [2.05, 4.69) is 10.6 Å². The highest BCUT2D eigenvalue weighted by atomic mass is 16.2. The fourth-order valence-corrected chi connectivity index (χ4v) is 2.72. The third kappa shape index (κ3) is 5.59. The Kier molecular flexibility index (Phi) is 6.17. The molecule has 1 heterocycles. The second-order valence-corrected chi connectivity index (χ2v) is 7.47. The molecule has 1 saturated heterocycles. The Bertz CT molecular complexity index is 623. The largest absolute Gasteiger partial charge is 0.347 e. The first kappa shape index (κ1) is 19.0. The molecule has 2 N–H and O–H groups in total. The van der Waals surface area contributed by atoms with Gasteiger partial charge in [-0.1, -0.05) is 39.0 Å². The zero-order chi connectivity index (χ0) is 18.4. The van der Waals surface area contributed by atoms with Crippen LogP contribution in [0, 0.1) is 11.3 Å². The molecule has 1 unspecified atom stereocenters. The number of hydrogen-bond donors (Lipinski definition) is 2. The molecule has 1 aromatic carbocycles. The van der Waals surface area contributed by atoms with Crippen LogP contribution in [0.3, 0.4) is 0 Å². The third-order valence-corrected chi connectivity index (χ3v) is 4.27. The highest BCUT2D eigenvalue weighted by Gasteiger charge is 2.29. The van der Waals surface area contributed by atoms with Gasteiger partial charge in [-0.3, -0.25) is 14.4 Å². The second-order valence-electron chi connectivity index (χ2n) is 7.47. The van der Waals surface area contributed by atoms with E-state index >= 15 is 0 Å². The molecule has 1 aliphatic heterocycles. The van der Waals surface area contributed by atoms with Crippen LogP contribution in [0.4, 0.5) is 5.69 Å². The van der Waals surface area contributed by atoms with Gasteiger partial charge in [0.15, 0.2) is 0 Å². The summed E-state index contributed by atoms with van der Waals surface area (Å²) in [6, 6.07) is 9.30. The molecule has 1 atom stereocenters.